The molecular weight excluding hydrogens is 298 g/mol. The Morgan fingerprint density at radius 3 is 2.50 bits per heavy atom. The molecule has 0 saturated carbocycles. The van der Waals surface area contributed by atoms with Gasteiger partial charge in [-0.2, -0.15) is 5.26 Å². The van der Waals surface area contributed by atoms with Gasteiger partial charge in [-0.3, -0.25) is 4.79 Å². The fourth-order valence-corrected chi connectivity index (χ4v) is 3.14. The number of piperidine rings is 1. The summed E-state index contributed by atoms with van der Waals surface area (Å²) in [4.78, 5) is 17.1. The van der Waals surface area contributed by atoms with Crippen LogP contribution in [0.3, 0.4) is 0 Å². The van der Waals surface area contributed by atoms with Gasteiger partial charge in [0.05, 0.1) is 16.5 Å². The van der Waals surface area contributed by atoms with E-state index in [2.05, 4.69) is 11.1 Å². The first-order valence-corrected chi connectivity index (χ1v) is 7.62. The maximum atomic E-state index is 12.4. The summed E-state index contributed by atoms with van der Waals surface area (Å²) in [6, 6.07) is 13.9. The fraction of sp³-hybridized carbons (Fsp3) is 0.294. The number of hydrogen-bond donors (Lipinski definition) is 1. The average molecular weight is 314 g/mol. The van der Waals surface area contributed by atoms with E-state index in [0.717, 1.165) is 5.56 Å². The minimum atomic E-state index is -0.495. The van der Waals surface area contributed by atoms with Gasteiger partial charge in [0.15, 0.2) is 0 Å². The smallest absolute Gasteiger partial charge is 0.270 e. The summed E-state index contributed by atoms with van der Waals surface area (Å²) in [5, 5.41) is 10.2. The van der Waals surface area contributed by atoms with Gasteiger partial charge in [0.2, 0.25) is 0 Å². The topological polar surface area (TPSA) is 59.9 Å². The van der Waals surface area contributed by atoms with Crippen molar-refractivity contribution in [3.05, 3.63) is 58.9 Å². The molecule has 0 aliphatic carbocycles. The number of nitrogens with one attached hydrogen (secondary N) is 1. The molecular formula is C17H16ClN3O. The second-order valence-electron chi connectivity index (χ2n) is 5.58. The van der Waals surface area contributed by atoms with E-state index in [9.17, 15) is 10.1 Å². The van der Waals surface area contributed by atoms with Gasteiger partial charge < -0.3 is 9.88 Å². The number of carbonyl (C=O) groups excluding carboxylic acids is 1. The lowest BCUT2D eigenvalue weighted by molar-refractivity contribution is 0.0686. The first-order chi connectivity index (χ1) is 10.6. The van der Waals surface area contributed by atoms with Crippen molar-refractivity contribution in [1.82, 2.24) is 9.88 Å². The number of nitrogens with zero attached hydrogens (tertiary/aromatic N) is 2. The van der Waals surface area contributed by atoms with Crippen LogP contribution in [0.25, 0.3) is 0 Å². The third-order valence-corrected chi connectivity index (χ3v) is 4.54. The number of aromatic amines is 1. The second-order valence-corrected chi connectivity index (χ2v) is 6.02. The zero-order valence-corrected chi connectivity index (χ0v) is 12.8. The Balaban J connectivity index is 1.74. The van der Waals surface area contributed by atoms with Crippen LogP contribution in [-0.4, -0.2) is 28.9 Å². The molecule has 112 valence electrons. The maximum absolute atomic E-state index is 12.4. The number of halogens is 1. The summed E-state index contributed by atoms with van der Waals surface area (Å²) in [5.41, 5.74) is 1.03. The number of benzene rings is 1. The van der Waals surface area contributed by atoms with Gasteiger partial charge in [0.25, 0.3) is 5.91 Å². The maximum Gasteiger partial charge on any atom is 0.270 e. The van der Waals surface area contributed by atoms with E-state index >= 15 is 0 Å². The first kappa shape index (κ1) is 14.7. The molecule has 2 aromatic rings. The highest BCUT2D eigenvalue weighted by molar-refractivity contribution is 6.30. The van der Waals surface area contributed by atoms with Crippen LogP contribution >= 0.6 is 11.6 Å². The van der Waals surface area contributed by atoms with Crippen molar-refractivity contribution in [2.24, 2.45) is 0 Å². The van der Waals surface area contributed by atoms with E-state index < -0.39 is 5.41 Å². The lowest BCUT2D eigenvalue weighted by atomic mass is 9.74. The van der Waals surface area contributed by atoms with Crippen LogP contribution in [0.4, 0.5) is 0 Å². The van der Waals surface area contributed by atoms with Gasteiger partial charge in [-0.25, -0.2) is 0 Å². The zero-order valence-electron chi connectivity index (χ0n) is 12.1. The molecule has 1 aromatic heterocycles. The molecule has 0 bridgehead atoms. The highest BCUT2D eigenvalue weighted by Gasteiger charge is 2.37. The average Bonchev–Trinajstić information content (AvgIpc) is 3.01. The van der Waals surface area contributed by atoms with Crippen molar-refractivity contribution < 1.29 is 4.79 Å². The van der Waals surface area contributed by atoms with E-state index in [0.29, 0.717) is 36.6 Å². The van der Waals surface area contributed by atoms with Crippen molar-refractivity contribution >= 4 is 17.5 Å². The molecule has 5 heteroatoms. The Morgan fingerprint density at radius 1 is 1.27 bits per heavy atom. The predicted octanol–water partition coefficient (Wildman–Crippen LogP) is 3.37. The minimum Gasteiger partial charge on any atom is -0.356 e. The third kappa shape index (κ3) is 2.60. The highest BCUT2D eigenvalue weighted by Crippen LogP contribution is 2.35. The van der Waals surface area contributed by atoms with Crippen LogP contribution in [0, 0.1) is 11.3 Å². The van der Waals surface area contributed by atoms with Crippen LogP contribution in [0.2, 0.25) is 5.02 Å². The third-order valence-electron chi connectivity index (χ3n) is 4.32. The molecule has 0 atom stereocenters. The first-order valence-electron chi connectivity index (χ1n) is 7.25. The molecule has 1 fully saturated rings. The fourth-order valence-electron chi connectivity index (χ4n) is 2.98. The van der Waals surface area contributed by atoms with Crippen molar-refractivity contribution in [3.8, 4) is 6.07 Å². The monoisotopic (exact) mass is 313 g/mol. The van der Waals surface area contributed by atoms with Crippen LogP contribution in [0.15, 0.2) is 42.6 Å². The lowest BCUT2D eigenvalue weighted by Gasteiger charge is -2.37. The SMILES string of the molecule is N#CC1(c2ccccc2)CCN(C(=O)c2cc(Cl)c[nH]2)CC1. The van der Waals surface area contributed by atoms with E-state index in [1.165, 1.54) is 0 Å². The van der Waals surface area contributed by atoms with Crippen LogP contribution in [0.5, 0.6) is 0 Å². The Bertz CT molecular complexity index is 709. The van der Waals surface area contributed by atoms with Gasteiger partial charge in [-0.05, 0) is 24.5 Å². The van der Waals surface area contributed by atoms with Gasteiger partial charge in [0, 0.05) is 19.3 Å². The molecule has 2 heterocycles. The Hall–Kier alpha value is -2.25. The normalized spacial score (nSPS) is 17.0. The van der Waals surface area contributed by atoms with E-state index in [1.54, 1.807) is 17.2 Å². The Labute approximate surface area is 134 Å². The van der Waals surface area contributed by atoms with Crippen molar-refractivity contribution in [2.45, 2.75) is 18.3 Å². The van der Waals surface area contributed by atoms with Gasteiger partial charge in [-0.1, -0.05) is 41.9 Å². The summed E-state index contributed by atoms with van der Waals surface area (Å²) >= 11 is 5.85. The molecule has 4 nitrogen and oxygen atoms in total. The molecule has 1 N–H and O–H groups in total. The quantitative estimate of drug-likeness (QED) is 0.924. The number of nitriles is 1. The number of hydrogen-bond acceptors (Lipinski definition) is 2. The van der Waals surface area contributed by atoms with Crippen LogP contribution in [-0.2, 0) is 5.41 Å². The molecule has 1 amide bonds. The summed E-state index contributed by atoms with van der Waals surface area (Å²) in [6.07, 6.45) is 2.89. The van der Waals surface area contributed by atoms with Crippen LogP contribution in [0.1, 0.15) is 28.9 Å². The molecule has 0 spiro atoms. The molecule has 1 aromatic carbocycles. The number of likely N-dealkylation sites (tertiary alicyclic amines) is 1. The molecule has 22 heavy (non-hydrogen) atoms. The number of rotatable bonds is 2. The van der Waals surface area contributed by atoms with Gasteiger partial charge >= 0.3 is 0 Å². The predicted molar refractivity (Wildman–Crippen MR) is 84.7 cm³/mol. The number of aromatic nitrogens is 1. The molecule has 1 aliphatic rings. The van der Waals surface area contributed by atoms with Crippen molar-refractivity contribution in [1.29, 1.82) is 5.26 Å². The molecule has 1 aliphatic heterocycles. The Kier molecular flexibility index (Phi) is 3.91. The summed E-state index contributed by atoms with van der Waals surface area (Å²) in [6.45, 7) is 1.13. The van der Waals surface area contributed by atoms with Crippen molar-refractivity contribution in [3.63, 3.8) is 0 Å². The zero-order chi connectivity index (χ0) is 15.6. The standard InChI is InChI=1S/C17H16ClN3O/c18-14-10-15(20-11-14)16(22)21-8-6-17(12-19,7-9-21)13-4-2-1-3-5-13/h1-5,10-11,20H,6-9H2. The van der Waals surface area contributed by atoms with E-state index in [-0.39, 0.29) is 5.91 Å². The Morgan fingerprint density at radius 2 is 1.95 bits per heavy atom. The largest absolute Gasteiger partial charge is 0.356 e. The van der Waals surface area contributed by atoms with Crippen molar-refractivity contribution in [2.75, 3.05) is 13.1 Å². The number of H-pyrrole nitrogens is 1. The van der Waals surface area contributed by atoms with Gasteiger partial charge in [-0.15, -0.1) is 0 Å². The van der Waals surface area contributed by atoms with Gasteiger partial charge in [0.1, 0.15) is 5.69 Å². The number of amides is 1. The molecule has 3 rings (SSSR count). The minimum absolute atomic E-state index is 0.0634. The summed E-state index contributed by atoms with van der Waals surface area (Å²) < 4.78 is 0. The highest BCUT2D eigenvalue weighted by atomic mass is 35.5. The lowest BCUT2D eigenvalue weighted by Crippen LogP contribution is -2.44. The van der Waals surface area contributed by atoms with Crippen LogP contribution < -0.4 is 0 Å². The molecule has 0 radical (unpaired) electrons. The molecule has 0 unspecified atom stereocenters. The van der Waals surface area contributed by atoms with E-state index in [1.807, 2.05) is 30.3 Å². The second kappa shape index (κ2) is 5.86. The number of carbonyl (C=O) groups is 1. The molecule has 1 saturated heterocycles. The summed E-state index contributed by atoms with van der Waals surface area (Å²) in [7, 11) is 0. The van der Waals surface area contributed by atoms with E-state index in [4.69, 9.17) is 11.6 Å². The summed E-state index contributed by atoms with van der Waals surface area (Å²) in [5.74, 6) is -0.0634.